The van der Waals surface area contributed by atoms with E-state index in [9.17, 15) is 33.6 Å². The lowest BCUT2D eigenvalue weighted by Crippen LogP contribution is -2.38. The minimum atomic E-state index is -1.05. The summed E-state index contributed by atoms with van der Waals surface area (Å²) in [7, 11) is 0. The van der Waals surface area contributed by atoms with Crippen LogP contribution in [0.15, 0.2) is 36.9 Å². The average molecular weight is 766 g/mol. The Kier molecular flexibility index (Phi) is 26.2. The number of carbonyl (C=O) groups is 7. The summed E-state index contributed by atoms with van der Waals surface area (Å²) in [5, 5.41) is 16.3. The van der Waals surface area contributed by atoms with E-state index in [-0.39, 0.29) is 74.5 Å². The molecule has 3 amide bonds. The zero-order valence-electron chi connectivity index (χ0n) is 33.8. The van der Waals surface area contributed by atoms with Crippen LogP contribution in [0.5, 0.6) is 0 Å². The standard InChI is InChI=1S/C16H23NO3.C12H22N2O3.C11H18O6/c1-6-16(4,5)15(19)17-13-9-7-12(8-10-13)14(18)20-11(2)3;1-5-7-13-11(16)14-8-9-17-10(15)12(3,4)6-2;1-3-8(2)11(15)17-7-6-16-10(14)5-4-9(12)13/h7-11H,6H2,1-5H3,(H,17,19);5H,1,6-9H2,2-4H3,(H2,13,14,16);8H,3-7H2,1-2H3,(H,12,13). The van der Waals surface area contributed by atoms with Crippen molar-refractivity contribution in [2.24, 2.45) is 16.7 Å². The molecule has 54 heavy (non-hydrogen) atoms. The Labute approximate surface area is 320 Å². The molecule has 1 rings (SSSR count). The number of anilines is 1. The number of hydrogen-bond donors (Lipinski definition) is 4. The van der Waals surface area contributed by atoms with E-state index in [1.165, 1.54) is 0 Å². The first-order chi connectivity index (χ1) is 25.2. The van der Waals surface area contributed by atoms with Crippen molar-refractivity contribution in [1.82, 2.24) is 10.6 Å². The lowest BCUT2D eigenvalue weighted by molar-refractivity contribution is -0.155. The zero-order chi connectivity index (χ0) is 41.9. The highest BCUT2D eigenvalue weighted by Gasteiger charge is 2.27. The van der Waals surface area contributed by atoms with Gasteiger partial charge in [-0.15, -0.1) is 6.58 Å². The third-order valence-corrected chi connectivity index (χ3v) is 7.83. The van der Waals surface area contributed by atoms with Gasteiger partial charge in [0.1, 0.15) is 19.8 Å². The molecule has 15 nitrogen and oxygen atoms in total. The molecule has 1 aromatic carbocycles. The van der Waals surface area contributed by atoms with Gasteiger partial charge in [0.05, 0.1) is 42.4 Å². The monoisotopic (exact) mass is 765 g/mol. The van der Waals surface area contributed by atoms with Gasteiger partial charge in [-0.1, -0.05) is 47.6 Å². The topological polar surface area (TPSA) is 213 Å². The number of esters is 4. The SMILES string of the molecule is C=CCNC(=O)NCCOC(=O)C(C)(C)CC.CCC(C)(C)C(=O)Nc1ccc(C(=O)OC(C)C)cc1.CCC(C)C(=O)OCCOC(=O)CCC(=O)O. The van der Waals surface area contributed by atoms with Crippen LogP contribution in [-0.4, -0.2) is 85.9 Å². The van der Waals surface area contributed by atoms with Gasteiger partial charge < -0.3 is 40.0 Å². The highest BCUT2D eigenvalue weighted by molar-refractivity contribution is 5.95. The van der Waals surface area contributed by atoms with Crippen molar-refractivity contribution in [3.05, 3.63) is 42.5 Å². The van der Waals surface area contributed by atoms with Gasteiger partial charge in [-0.3, -0.25) is 24.0 Å². The normalized spacial score (nSPS) is 11.2. The second-order valence-corrected chi connectivity index (χ2v) is 13.6. The maximum absolute atomic E-state index is 12.0. The van der Waals surface area contributed by atoms with E-state index in [4.69, 9.17) is 19.3 Å². The molecule has 1 unspecified atom stereocenters. The molecule has 1 atom stereocenters. The first-order valence-corrected chi connectivity index (χ1v) is 18.1. The number of amides is 3. The third kappa shape index (κ3) is 24.3. The Hall–Kier alpha value is -4.95. The highest BCUT2D eigenvalue weighted by Crippen LogP contribution is 2.23. The summed E-state index contributed by atoms with van der Waals surface area (Å²) in [5.74, 6) is -2.78. The molecule has 0 aliphatic rings. The minimum absolute atomic E-state index is 0.00197. The summed E-state index contributed by atoms with van der Waals surface area (Å²) in [6, 6.07) is 6.43. The molecule has 0 bridgehead atoms. The van der Waals surface area contributed by atoms with Crippen LogP contribution in [0, 0.1) is 16.7 Å². The molecule has 0 spiro atoms. The fourth-order valence-corrected chi connectivity index (χ4v) is 3.20. The number of carbonyl (C=O) groups excluding carboxylic acids is 6. The number of nitrogens with one attached hydrogen (secondary N) is 3. The minimum Gasteiger partial charge on any atom is -0.481 e. The van der Waals surface area contributed by atoms with E-state index in [0.717, 1.165) is 12.8 Å². The molecule has 0 aliphatic carbocycles. The van der Waals surface area contributed by atoms with Crippen LogP contribution in [0.2, 0.25) is 0 Å². The van der Waals surface area contributed by atoms with E-state index in [1.54, 1.807) is 51.1 Å². The summed E-state index contributed by atoms with van der Waals surface area (Å²) in [6.45, 7) is 22.9. The van der Waals surface area contributed by atoms with Gasteiger partial charge in [0.25, 0.3) is 0 Å². The Morgan fingerprint density at radius 3 is 1.87 bits per heavy atom. The molecular weight excluding hydrogens is 702 g/mol. The Bertz CT molecular complexity index is 1340. The first-order valence-electron chi connectivity index (χ1n) is 18.1. The van der Waals surface area contributed by atoms with Crippen LogP contribution in [0.3, 0.4) is 0 Å². The van der Waals surface area contributed by atoms with Crippen LogP contribution in [0.1, 0.15) is 112 Å². The molecule has 306 valence electrons. The van der Waals surface area contributed by atoms with Crippen LogP contribution in [0.25, 0.3) is 0 Å². The number of ether oxygens (including phenoxy) is 4. The van der Waals surface area contributed by atoms with Crippen molar-refractivity contribution >= 4 is 47.5 Å². The predicted molar refractivity (Wildman–Crippen MR) is 205 cm³/mol. The fraction of sp³-hybridized carbons (Fsp3) is 0.615. The largest absolute Gasteiger partial charge is 0.481 e. The highest BCUT2D eigenvalue weighted by atomic mass is 16.6. The lowest BCUT2D eigenvalue weighted by Gasteiger charge is -2.21. The Morgan fingerprint density at radius 2 is 1.37 bits per heavy atom. The number of rotatable bonds is 20. The van der Waals surface area contributed by atoms with Gasteiger partial charge in [-0.2, -0.15) is 0 Å². The molecule has 4 N–H and O–H groups in total. The number of hydrogen-bond acceptors (Lipinski definition) is 11. The molecule has 0 aromatic heterocycles. The van der Waals surface area contributed by atoms with Crippen molar-refractivity contribution in [3.63, 3.8) is 0 Å². The van der Waals surface area contributed by atoms with E-state index in [0.29, 0.717) is 30.8 Å². The maximum Gasteiger partial charge on any atom is 0.338 e. The van der Waals surface area contributed by atoms with Gasteiger partial charge in [0.15, 0.2) is 0 Å². The van der Waals surface area contributed by atoms with Crippen molar-refractivity contribution < 1.29 is 57.6 Å². The summed E-state index contributed by atoms with van der Waals surface area (Å²) in [4.78, 5) is 78.7. The quantitative estimate of drug-likeness (QED) is 0.0516. The summed E-state index contributed by atoms with van der Waals surface area (Å²) >= 11 is 0. The summed E-state index contributed by atoms with van der Waals surface area (Å²) < 4.78 is 19.7. The number of carboxylic acid groups (broad SMARTS) is 1. The number of aliphatic carboxylic acids is 1. The van der Waals surface area contributed by atoms with Crippen molar-refractivity contribution in [3.8, 4) is 0 Å². The molecule has 0 saturated heterocycles. The van der Waals surface area contributed by atoms with Crippen LogP contribution in [-0.2, 0) is 42.9 Å². The molecule has 15 heteroatoms. The van der Waals surface area contributed by atoms with Gasteiger partial charge in [-0.05, 0) is 71.2 Å². The van der Waals surface area contributed by atoms with Gasteiger partial charge in [0, 0.05) is 17.6 Å². The van der Waals surface area contributed by atoms with Crippen molar-refractivity contribution in [2.45, 2.75) is 107 Å². The number of benzene rings is 1. The first kappa shape index (κ1) is 51.2. The van der Waals surface area contributed by atoms with E-state index in [2.05, 4.69) is 27.3 Å². The van der Waals surface area contributed by atoms with E-state index in [1.807, 2.05) is 48.5 Å². The molecule has 0 radical (unpaired) electrons. The second kappa shape index (κ2) is 27.6. The third-order valence-electron chi connectivity index (χ3n) is 7.83. The molecule has 0 fully saturated rings. The van der Waals surface area contributed by atoms with Gasteiger partial charge in [0.2, 0.25) is 5.91 Å². The Balaban J connectivity index is 0. The fourth-order valence-electron chi connectivity index (χ4n) is 3.20. The second-order valence-electron chi connectivity index (χ2n) is 13.6. The summed E-state index contributed by atoms with van der Waals surface area (Å²) in [6.07, 6.45) is 3.18. The molecule has 1 aromatic rings. The number of carboxylic acids is 1. The molecule has 0 aliphatic heterocycles. The van der Waals surface area contributed by atoms with E-state index < -0.39 is 22.8 Å². The smallest absolute Gasteiger partial charge is 0.338 e. The Morgan fingerprint density at radius 1 is 0.796 bits per heavy atom. The van der Waals surface area contributed by atoms with Crippen molar-refractivity contribution in [2.75, 3.05) is 38.2 Å². The van der Waals surface area contributed by atoms with Gasteiger partial charge in [-0.25, -0.2) is 9.59 Å². The van der Waals surface area contributed by atoms with Gasteiger partial charge >= 0.3 is 35.9 Å². The molecular formula is C39H63N3O12. The van der Waals surface area contributed by atoms with Crippen LogP contribution < -0.4 is 16.0 Å². The van der Waals surface area contributed by atoms with E-state index >= 15 is 0 Å². The van der Waals surface area contributed by atoms with Crippen LogP contribution in [0.4, 0.5) is 10.5 Å². The number of urea groups is 1. The summed E-state index contributed by atoms with van der Waals surface area (Å²) in [5.41, 5.74) is 0.282. The average Bonchev–Trinajstić information content (AvgIpc) is 3.13. The predicted octanol–water partition coefficient (Wildman–Crippen LogP) is 6.06. The van der Waals surface area contributed by atoms with Crippen LogP contribution >= 0.6 is 0 Å². The lowest BCUT2D eigenvalue weighted by atomic mass is 9.89. The van der Waals surface area contributed by atoms with Crippen molar-refractivity contribution in [1.29, 1.82) is 0 Å². The molecule has 0 heterocycles. The zero-order valence-corrected chi connectivity index (χ0v) is 33.8. The maximum atomic E-state index is 12.0. The molecule has 0 saturated carbocycles.